The number of anilines is 1. The molecule has 0 aliphatic carbocycles. The first-order valence-corrected chi connectivity index (χ1v) is 14.8. The molecule has 1 atom stereocenters. The van der Waals surface area contributed by atoms with Crippen molar-refractivity contribution in [2.24, 2.45) is 0 Å². The molecule has 216 valence electrons. The monoisotopic (exact) mass is 548 g/mol. The Balaban J connectivity index is 0.000000681. The van der Waals surface area contributed by atoms with Crippen molar-refractivity contribution in [3.8, 4) is 0 Å². The van der Waals surface area contributed by atoms with Crippen LogP contribution in [0.3, 0.4) is 0 Å². The summed E-state index contributed by atoms with van der Waals surface area (Å²) in [4.78, 5) is 35.5. The first-order chi connectivity index (χ1) is 19.5. The molecular weight excluding hydrogens is 504 g/mol. The Hall–Kier alpha value is -3.23. The van der Waals surface area contributed by atoms with Crippen molar-refractivity contribution in [1.82, 2.24) is 15.5 Å². The number of benzene rings is 2. The molecule has 0 radical (unpaired) electrons. The molecule has 2 aromatic rings. The van der Waals surface area contributed by atoms with Gasteiger partial charge >= 0.3 is 0 Å². The molecule has 3 amide bonds. The van der Waals surface area contributed by atoms with Gasteiger partial charge in [0.25, 0.3) is 5.91 Å². The molecule has 2 aromatic carbocycles. The molecule has 1 unspecified atom stereocenters. The second-order valence-corrected chi connectivity index (χ2v) is 11.1. The summed E-state index contributed by atoms with van der Waals surface area (Å²) in [7, 11) is 0. The van der Waals surface area contributed by atoms with Crippen LogP contribution in [0.15, 0.2) is 42.5 Å². The molecule has 8 nitrogen and oxygen atoms in total. The van der Waals surface area contributed by atoms with Crippen LogP contribution in [0.4, 0.5) is 5.69 Å². The lowest BCUT2D eigenvalue weighted by atomic mass is 9.88. The van der Waals surface area contributed by atoms with Crippen molar-refractivity contribution < 1.29 is 19.1 Å². The van der Waals surface area contributed by atoms with Gasteiger partial charge in [0.1, 0.15) is 0 Å². The third-order valence-corrected chi connectivity index (χ3v) is 8.38. The van der Waals surface area contributed by atoms with Crippen LogP contribution in [-0.2, 0) is 27.5 Å². The topological polar surface area (TPSA) is 91.0 Å². The van der Waals surface area contributed by atoms with Crippen LogP contribution in [0.1, 0.15) is 85.3 Å². The fourth-order valence-electron chi connectivity index (χ4n) is 6.02. The Morgan fingerprint density at radius 3 is 2.35 bits per heavy atom. The minimum absolute atomic E-state index is 0.204. The molecule has 0 aromatic heterocycles. The summed E-state index contributed by atoms with van der Waals surface area (Å²) >= 11 is 0. The van der Waals surface area contributed by atoms with E-state index in [-0.39, 0.29) is 5.91 Å². The summed E-state index contributed by atoms with van der Waals surface area (Å²) in [5.74, 6) is 0.822. The van der Waals surface area contributed by atoms with Gasteiger partial charge in [-0.3, -0.25) is 14.4 Å². The summed E-state index contributed by atoms with van der Waals surface area (Å²) in [5, 5.41) is 5.14. The van der Waals surface area contributed by atoms with E-state index in [1.165, 1.54) is 35.2 Å². The second kappa shape index (κ2) is 15.0. The number of hydrogen-bond donors (Lipinski definition) is 2. The number of hydrogen-bond acceptors (Lipinski definition) is 6. The maximum atomic E-state index is 12.8. The van der Waals surface area contributed by atoms with E-state index >= 15 is 0 Å². The van der Waals surface area contributed by atoms with Gasteiger partial charge in [-0.15, -0.1) is 0 Å². The van der Waals surface area contributed by atoms with E-state index in [1.54, 1.807) is 5.32 Å². The van der Waals surface area contributed by atoms with Crippen LogP contribution < -0.4 is 15.5 Å². The number of ether oxygens (including phenoxy) is 1. The fraction of sp³-hybridized carbons (Fsp3) is 0.531. The van der Waals surface area contributed by atoms with Crippen LogP contribution in [0.25, 0.3) is 0 Å². The van der Waals surface area contributed by atoms with Crippen LogP contribution in [0.2, 0.25) is 0 Å². The van der Waals surface area contributed by atoms with Crippen LogP contribution in [0, 0.1) is 0 Å². The zero-order valence-corrected chi connectivity index (χ0v) is 23.9. The minimum atomic E-state index is 0.204. The van der Waals surface area contributed by atoms with E-state index in [0.717, 1.165) is 70.6 Å². The number of carbonyl (C=O) groups excluding carboxylic acids is 3. The van der Waals surface area contributed by atoms with Gasteiger partial charge in [0.05, 0.1) is 12.7 Å². The molecule has 0 spiro atoms. The molecule has 0 bridgehead atoms. The number of imide groups is 1. The molecule has 3 heterocycles. The highest BCUT2D eigenvalue weighted by Crippen LogP contribution is 2.34. The molecular formula is C32H44N4O4. The Kier molecular flexibility index (Phi) is 11.1. The van der Waals surface area contributed by atoms with E-state index in [9.17, 15) is 4.79 Å². The predicted octanol–water partition coefficient (Wildman–Crippen LogP) is 4.37. The van der Waals surface area contributed by atoms with E-state index in [4.69, 9.17) is 14.3 Å². The molecule has 8 heteroatoms. The molecule has 40 heavy (non-hydrogen) atoms. The quantitative estimate of drug-likeness (QED) is 0.429. The Morgan fingerprint density at radius 2 is 1.73 bits per heavy atom. The third-order valence-electron chi connectivity index (χ3n) is 8.38. The lowest BCUT2D eigenvalue weighted by molar-refractivity contribution is -0.117. The van der Waals surface area contributed by atoms with Crippen molar-refractivity contribution in [1.29, 1.82) is 0 Å². The largest absolute Gasteiger partial charge is 0.373 e. The highest BCUT2D eigenvalue weighted by atomic mass is 16.5. The number of piperidine rings is 2. The van der Waals surface area contributed by atoms with Gasteiger partial charge in [0, 0.05) is 36.9 Å². The summed E-state index contributed by atoms with van der Waals surface area (Å²) in [6, 6.07) is 15.9. The highest BCUT2D eigenvalue weighted by molar-refractivity contribution is 5.99. The molecule has 2 saturated heterocycles. The molecule has 5 rings (SSSR count). The fourth-order valence-corrected chi connectivity index (χ4v) is 6.02. The number of nitrogens with one attached hydrogen (secondary N) is 2. The van der Waals surface area contributed by atoms with Crippen molar-refractivity contribution >= 4 is 24.4 Å². The predicted molar refractivity (Wildman–Crippen MR) is 157 cm³/mol. The average molecular weight is 549 g/mol. The molecule has 3 aliphatic heterocycles. The highest BCUT2D eigenvalue weighted by Gasteiger charge is 2.31. The number of carbonyl (C=O) groups is 3. The van der Waals surface area contributed by atoms with Crippen LogP contribution in [-0.4, -0.2) is 62.0 Å². The van der Waals surface area contributed by atoms with Gasteiger partial charge < -0.3 is 25.2 Å². The average Bonchev–Trinajstić information content (AvgIpc) is 3.33. The van der Waals surface area contributed by atoms with Gasteiger partial charge in [0.15, 0.2) is 0 Å². The van der Waals surface area contributed by atoms with Crippen LogP contribution >= 0.6 is 0 Å². The minimum Gasteiger partial charge on any atom is -0.373 e. The summed E-state index contributed by atoms with van der Waals surface area (Å²) in [5.41, 5.74) is 6.09. The first kappa shape index (κ1) is 29.7. The van der Waals surface area contributed by atoms with E-state index in [2.05, 4.69) is 66.5 Å². The maximum absolute atomic E-state index is 12.8. The second-order valence-electron chi connectivity index (χ2n) is 11.1. The zero-order valence-electron chi connectivity index (χ0n) is 23.9. The number of nitrogens with zero attached hydrogens (tertiary/aromatic N) is 2. The van der Waals surface area contributed by atoms with E-state index in [0.29, 0.717) is 30.9 Å². The first-order valence-electron chi connectivity index (χ1n) is 14.8. The van der Waals surface area contributed by atoms with Crippen molar-refractivity contribution in [2.45, 2.75) is 83.6 Å². The van der Waals surface area contributed by atoms with Gasteiger partial charge in [-0.25, -0.2) is 0 Å². The van der Waals surface area contributed by atoms with Crippen molar-refractivity contribution in [2.75, 3.05) is 31.1 Å². The molecule has 2 fully saturated rings. The zero-order chi connectivity index (χ0) is 28.3. The lowest BCUT2D eigenvalue weighted by Gasteiger charge is -2.34. The molecule has 2 N–H and O–H groups in total. The standard InChI is InChI=1S/C30H41N3O2.C2H3NO2/c1-3-4-22(2)33-20-26-19-27(9-10-29(26)30(33)34)32-17-13-25(14-18-32)24-7-5-23(6-8-24)21-35-28-11-15-31-16-12-28;4-1-3-2-5/h5-10,19,22,25,28,31H,3-4,11-18,20-21H2,1-2H3;1-2H,(H,3,4,5). The van der Waals surface area contributed by atoms with Crippen LogP contribution in [0.5, 0.6) is 0 Å². The van der Waals surface area contributed by atoms with E-state index < -0.39 is 0 Å². The van der Waals surface area contributed by atoms with Gasteiger partial charge in [0.2, 0.25) is 12.8 Å². The Morgan fingerprint density at radius 1 is 1.02 bits per heavy atom. The Bertz CT molecular complexity index is 1100. The van der Waals surface area contributed by atoms with Crippen molar-refractivity contribution in [3.05, 3.63) is 64.7 Å². The molecule has 3 aliphatic rings. The number of rotatable bonds is 10. The number of amides is 3. The number of fused-ring (bicyclic) bond motifs is 1. The summed E-state index contributed by atoms with van der Waals surface area (Å²) < 4.78 is 6.12. The molecule has 0 saturated carbocycles. The Labute approximate surface area is 238 Å². The van der Waals surface area contributed by atoms with Gasteiger partial charge in [-0.1, -0.05) is 37.6 Å². The summed E-state index contributed by atoms with van der Waals surface area (Å²) in [6.45, 7) is 10.1. The lowest BCUT2D eigenvalue weighted by Crippen LogP contribution is -2.33. The smallest absolute Gasteiger partial charge is 0.254 e. The summed E-state index contributed by atoms with van der Waals surface area (Å²) in [6.07, 6.45) is 7.77. The van der Waals surface area contributed by atoms with E-state index in [1.807, 2.05) is 4.90 Å². The van der Waals surface area contributed by atoms with Gasteiger partial charge in [-0.2, -0.15) is 0 Å². The normalized spacial score (nSPS) is 18.5. The van der Waals surface area contributed by atoms with Gasteiger partial charge in [-0.05, 0) is 92.9 Å². The maximum Gasteiger partial charge on any atom is 0.254 e. The third kappa shape index (κ3) is 7.70. The van der Waals surface area contributed by atoms with Crippen molar-refractivity contribution in [3.63, 3.8) is 0 Å². The SMILES string of the molecule is CCCC(C)N1Cc2cc(N3CCC(c4ccc(COC5CCNCC5)cc4)CC3)ccc2C1=O.O=CNC=O.